The predicted molar refractivity (Wildman–Crippen MR) is 37.6 cm³/mol. The zero-order valence-electron chi connectivity index (χ0n) is 6.82. The minimum Gasteiger partial charge on any atom is -0.250 e. The van der Waals surface area contributed by atoms with E-state index in [1.807, 2.05) is 4.68 Å². The third-order valence-corrected chi connectivity index (χ3v) is 1.81. The Balaban J connectivity index is 2.20. The molecule has 2 rings (SSSR count). The lowest BCUT2D eigenvalue weighted by Gasteiger charge is -1.96. The Kier molecular flexibility index (Phi) is 1.17. The fourth-order valence-electron chi connectivity index (χ4n) is 1.26. The minimum atomic E-state index is 0.0819. The SMILES string of the molecule is [2H]C1CCc2ncnn2CC1. The molecule has 1 aromatic rings. The van der Waals surface area contributed by atoms with Crippen LogP contribution in [0.15, 0.2) is 6.33 Å². The number of aryl methyl sites for hydroxylation is 2. The molecule has 54 valence electrons. The van der Waals surface area contributed by atoms with Gasteiger partial charge in [-0.25, -0.2) is 4.98 Å². The molecule has 0 radical (unpaired) electrons. The third-order valence-electron chi connectivity index (χ3n) is 1.81. The maximum Gasteiger partial charge on any atom is 0.138 e. The lowest BCUT2D eigenvalue weighted by molar-refractivity contribution is 0.575. The number of nitrogens with zero attached hydrogens (tertiary/aromatic N) is 3. The van der Waals surface area contributed by atoms with E-state index < -0.39 is 0 Å². The summed E-state index contributed by atoms with van der Waals surface area (Å²) in [7, 11) is 0. The van der Waals surface area contributed by atoms with Crippen molar-refractivity contribution in [3.8, 4) is 0 Å². The van der Waals surface area contributed by atoms with E-state index in [0.29, 0.717) is 0 Å². The Morgan fingerprint density at radius 3 is 3.60 bits per heavy atom. The molecule has 1 unspecified atom stereocenters. The van der Waals surface area contributed by atoms with Gasteiger partial charge in [0.1, 0.15) is 12.2 Å². The summed E-state index contributed by atoms with van der Waals surface area (Å²) in [5, 5.41) is 4.07. The van der Waals surface area contributed by atoms with Gasteiger partial charge in [-0.15, -0.1) is 0 Å². The Hall–Kier alpha value is -0.860. The largest absolute Gasteiger partial charge is 0.250 e. The molecule has 10 heavy (non-hydrogen) atoms. The van der Waals surface area contributed by atoms with E-state index in [-0.39, 0.29) is 6.40 Å². The van der Waals surface area contributed by atoms with Crippen LogP contribution in [0, 0.1) is 0 Å². The van der Waals surface area contributed by atoms with Gasteiger partial charge in [0, 0.05) is 14.3 Å². The van der Waals surface area contributed by atoms with Crippen LogP contribution in [0.3, 0.4) is 0 Å². The van der Waals surface area contributed by atoms with Gasteiger partial charge in [-0.2, -0.15) is 5.10 Å². The minimum absolute atomic E-state index is 0.0819. The first-order valence-corrected chi connectivity index (χ1v) is 3.65. The summed E-state index contributed by atoms with van der Waals surface area (Å²) in [4.78, 5) is 4.12. The van der Waals surface area contributed by atoms with E-state index >= 15 is 0 Å². The van der Waals surface area contributed by atoms with E-state index in [2.05, 4.69) is 10.1 Å². The molecule has 0 aliphatic carbocycles. The molecule has 0 amide bonds. The summed E-state index contributed by atoms with van der Waals surface area (Å²) >= 11 is 0. The van der Waals surface area contributed by atoms with Gasteiger partial charge in [-0.05, 0) is 12.8 Å². The molecule has 0 spiro atoms. The van der Waals surface area contributed by atoms with Crippen LogP contribution in [0.4, 0.5) is 0 Å². The average molecular weight is 138 g/mol. The Morgan fingerprint density at radius 1 is 1.60 bits per heavy atom. The number of hydrogen-bond donors (Lipinski definition) is 0. The molecule has 0 aromatic carbocycles. The zero-order chi connectivity index (χ0) is 7.68. The van der Waals surface area contributed by atoms with Crippen molar-refractivity contribution in [2.24, 2.45) is 0 Å². The number of aromatic nitrogens is 3. The number of hydrogen-bond acceptors (Lipinski definition) is 2. The molecule has 1 aliphatic rings. The fourth-order valence-corrected chi connectivity index (χ4v) is 1.26. The van der Waals surface area contributed by atoms with Crippen molar-refractivity contribution in [1.29, 1.82) is 0 Å². The van der Waals surface area contributed by atoms with Gasteiger partial charge >= 0.3 is 0 Å². The fraction of sp³-hybridized carbons (Fsp3) is 0.714. The molecule has 3 heteroatoms. The first-order valence-electron chi connectivity index (χ1n) is 4.23. The normalized spacial score (nSPS) is 26.8. The summed E-state index contributed by atoms with van der Waals surface area (Å²) in [6.07, 6.45) is 4.43. The summed E-state index contributed by atoms with van der Waals surface area (Å²) < 4.78 is 9.47. The third kappa shape index (κ3) is 0.916. The molecule has 1 aliphatic heterocycles. The Labute approximate surface area is 61.5 Å². The highest BCUT2D eigenvalue weighted by atomic mass is 15.3. The summed E-state index contributed by atoms with van der Waals surface area (Å²) in [6, 6.07) is 0. The molecule has 0 bridgehead atoms. The van der Waals surface area contributed by atoms with E-state index in [4.69, 9.17) is 1.37 Å². The first-order chi connectivity index (χ1) is 5.36. The standard InChI is InChI=1S/C7H11N3/c1-2-4-7-8-6-9-10(7)5-3-1/h6H,1-5H2/i1D. The lowest BCUT2D eigenvalue weighted by atomic mass is 10.2. The van der Waals surface area contributed by atoms with Gasteiger partial charge < -0.3 is 0 Å². The van der Waals surface area contributed by atoms with Crippen LogP contribution >= 0.6 is 0 Å². The van der Waals surface area contributed by atoms with Gasteiger partial charge in [0.25, 0.3) is 0 Å². The van der Waals surface area contributed by atoms with E-state index in [1.54, 1.807) is 6.33 Å². The van der Waals surface area contributed by atoms with Gasteiger partial charge in [0.2, 0.25) is 0 Å². The Bertz CT molecular complexity index is 223. The van der Waals surface area contributed by atoms with Crippen molar-refractivity contribution in [3.05, 3.63) is 12.2 Å². The van der Waals surface area contributed by atoms with Crippen molar-refractivity contribution < 1.29 is 1.37 Å². The smallest absolute Gasteiger partial charge is 0.138 e. The second-order valence-electron chi connectivity index (χ2n) is 2.52. The maximum absolute atomic E-state index is 7.56. The summed E-state index contributed by atoms with van der Waals surface area (Å²) in [5.41, 5.74) is 0. The molecule has 0 saturated carbocycles. The first kappa shape index (κ1) is 4.88. The molecule has 2 heterocycles. The van der Waals surface area contributed by atoms with E-state index in [0.717, 1.165) is 31.6 Å². The van der Waals surface area contributed by atoms with Gasteiger partial charge in [-0.3, -0.25) is 4.68 Å². The topological polar surface area (TPSA) is 30.7 Å². The second kappa shape index (κ2) is 2.40. The monoisotopic (exact) mass is 138 g/mol. The van der Waals surface area contributed by atoms with Crippen LogP contribution in [0.5, 0.6) is 0 Å². The van der Waals surface area contributed by atoms with E-state index in [1.165, 1.54) is 0 Å². The molecule has 0 N–H and O–H groups in total. The highest BCUT2D eigenvalue weighted by Gasteiger charge is 2.06. The average Bonchev–Trinajstić information content (AvgIpc) is 2.38. The molecule has 0 saturated heterocycles. The van der Waals surface area contributed by atoms with Crippen molar-refractivity contribution in [2.75, 3.05) is 0 Å². The number of rotatable bonds is 0. The molecular formula is C7H11N3. The molecule has 1 aromatic heterocycles. The zero-order valence-corrected chi connectivity index (χ0v) is 5.82. The maximum atomic E-state index is 7.56. The number of fused-ring (bicyclic) bond motifs is 1. The molecule has 0 fully saturated rings. The summed E-state index contributed by atoms with van der Waals surface area (Å²) in [5.74, 6) is 1.04. The van der Waals surface area contributed by atoms with Gasteiger partial charge in [0.05, 0.1) is 0 Å². The van der Waals surface area contributed by atoms with Crippen molar-refractivity contribution in [2.45, 2.75) is 32.2 Å². The highest BCUT2D eigenvalue weighted by Crippen LogP contribution is 2.09. The van der Waals surface area contributed by atoms with Gasteiger partial charge in [-0.1, -0.05) is 6.40 Å². The van der Waals surface area contributed by atoms with Crippen LogP contribution in [0.2, 0.25) is 0 Å². The predicted octanol–water partition coefficient (Wildman–Crippen LogP) is 1.00. The van der Waals surface area contributed by atoms with Crippen LogP contribution in [-0.2, 0) is 13.0 Å². The highest BCUT2D eigenvalue weighted by molar-refractivity contribution is 4.86. The van der Waals surface area contributed by atoms with Crippen LogP contribution in [0.25, 0.3) is 0 Å². The Morgan fingerprint density at radius 2 is 2.60 bits per heavy atom. The van der Waals surface area contributed by atoms with Crippen LogP contribution < -0.4 is 0 Å². The van der Waals surface area contributed by atoms with Crippen LogP contribution in [-0.4, -0.2) is 14.8 Å². The van der Waals surface area contributed by atoms with Gasteiger partial charge in [0.15, 0.2) is 0 Å². The summed E-state index contributed by atoms with van der Waals surface area (Å²) in [6.45, 7) is 0.865. The lowest BCUT2D eigenvalue weighted by Crippen LogP contribution is -2.01. The van der Waals surface area contributed by atoms with Crippen molar-refractivity contribution in [3.63, 3.8) is 0 Å². The molecule has 3 nitrogen and oxygen atoms in total. The van der Waals surface area contributed by atoms with E-state index in [9.17, 15) is 0 Å². The second-order valence-corrected chi connectivity index (χ2v) is 2.52. The quantitative estimate of drug-likeness (QED) is 0.535. The van der Waals surface area contributed by atoms with Crippen LogP contribution in [0.1, 0.15) is 26.4 Å². The van der Waals surface area contributed by atoms with Crippen molar-refractivity contribution in [1.82, 2.24) is 14.8 Å². The molecule has 1 atom stereocenters. The van der Waals surface area contributed by atoms with Crippen molar-refractivity contribution >= 4 is 0 Å². The molecular weight excluding hydrogens is 126 g/mol.